The monoisotopic (exact) mass is 352 g/mol. The van der Waals surface area contributed by atoms with Gasteiger partial charge in [-0.1, -0.05) is 20.8 Å². The first-order valence-corrected chi connectivity index (χ1v) is 11.7. The Morgan fingerprint density at radius 3 is 1.79 bits per heavy atom. The smallest absolute Gasteiger partial charge is 0.191 e. The van der Waals surface area contributed by atoms with E-state index >= 15 is 0 Å². The zero-order valence-electron chi connectivity index (χ0n) is 17.3. The van der Waals surface area contributed by atoms with E-state index in [0.29, 0.717) is 0 Å². The Balaban J connectivity index is 2.91. The molecule has 0 radical (unpaired) electrons. The highest BCUT2D eigenvalue weighted by atomic mass is 28.4. The van der Waals surface area contributed by atoms with Gasteiger partial charge in [0.2, 0.25) is 0 Å². The Morgan fingerprint density at radius 1 is 0.833 bits per heavy atom. The van der Waals surface area contributed by atoms with Crippen molar-refractivity contribution in [2.24, 2.45) is 0 Å². The Kier molecular flexibility index (Phi) is 6.94. The highest BCUT2D eigenvalue weighted by Gasteiger charge is 2.36. The van der Waals surface area contributed by atoms with Gasteiger partial charge in [-0.05, 0) is 68.4 Å². The molecule has 0 aliphatic heterocycles. The Labute approximate surface area is 149 Å². The second-order valence-corrected chi connectivity index (χ2v) is 12.9. The third-order valence-electron chi connectivity index (χ3n) is 5.56. The highest BCUT2D eigenvalue weighted by molar-refractivity contribution is 6.74. The van der Waals surface area contributed by atoms with Gasteiger partial charge in [0.15, 0.2) is 8.32 Å². The van der Waals surface area contributed by atoms with Crippen molar-refractivity contribution in [2.75, 3.05) is 20.8 Å². The van der Waals surface area contributed by atoms with Crippen molar-refractivity contribution in [3.8, 4) is 11.5 Å². The van der Waals surface area contributed by atoms with E-state index in [4.69, 9.17) is 13.9 Å². The fourth-order valence-corrected chi connectivity index (χ4v) is 3.92. The molecule has 1 rings (SSSR count). The number of methoxy groups -OCH3 is 2. The van der Waals surface area contributed by atoms with Crippen LogP contribution in [0.15, 0.2) is 0 Å². The Bertz CT molecular complexity index is 571. The summed E-state index contributed by atoms with van der Waals surface area (Å²) in [6.07, 6.45) is 1.94. The quantitative estimate of drug-likeness (QED) is 0.473. The van der Waals surface area contributed by atoms with Crippen molar-refractivity contribution in [1.29, 1.82) is 0 Å². The van der Waals surface area contributed by atoms with Crippen LogP contribution in [-0.4, -0.2) is 29.1 Å². The molecule has 3 nitrogen and oxygen atoms in total. The highest BCUT2D eigenvalue weighted by Crippen LogP contribution is 2.39. The molecule has 1 aromatic carbocycles. The number of benzene rings is 1. The third kappa shape index (κ3) is 4.34. The number of hydrogen-bond donors (Lipinski definition) is 0. The fourth-order valence-electron chi connectivity index (χ4n) is 2.83. The molecule has 0 saturated heterocycles. The molecular weight excluding hydrogens is 316 g/mol. The summed E-state index contributed by atoms with van der Waals surface area (Å²) in [7, 11) is 1.82. The number of rotatable bonds is 7. The van der Waals surface area contributed by atoms with Gasteiger partial charge in [0.1, 0.15) is 11.5 Å². The lowest BCUT2D eigenvalue weighted by Gasteiger charge is -2.36. The molecule has 0 saturated carbocycles. The van der Waals surface area contributed by atoms with E-state index in [0.717, 1.165) is 36.5 Å². The van der Waals surface area contributed by atoms with Crippen molar-refractivity contribution >= 4 is 8.32 Å². The van der Waals surface area contributed by atoms with Crippen molar-refractivity contribution in [3.63, 3.8) is 0 Å². The minimum atomic E-state index is -1.67. The average Bonchev–Trinajstić information content (AvgIpc) is 2.48. The van der Waals surface area contributed by atoms with Gasteiger partial charge < -0.3 is 13.9 Å². The summed E-state index contributed by atoms with van der Waals surface area (Å²) >= 11 is 0. The molecule has 0 bridgehead atoms. The molecule has 138 valence electrons. The topological polar surface area (TPSA) is 27.7 Å². The van der Waals surface area contributed by atoms with Crippen LogP contribution in [0.4, 0.5) is 0 Å². The lowest BCUT2D eigenvalue weighted by atomic mass is 9.94. The van der Waals surface area contributed by atoms with E-state index in [1.807, 2.05) is 0 Å². The molecule has 0 aromatic heterocycles. The van der Waals surface area contributed by atoms with Crippen LogP contribution in [0.3, 0.4) is 0 Å². The van der Waals surface area contributed by atoms with Crippen molar-refractivity contribution in [1.82, 2.24) is 0 Å². The van der Waals surface area contributed by atoms with Crippen molar-refractivity contribution < 1.29 is 13.9 Å². The van der Waals surface area contributed by atoms with E-state index in [1.54, 1.807) is 14.2 Å². The fraction of sp³-hybridized carbons (Fsp3) is 0.700. The molecule has 24 heavy (non-hydrogen) atoms. The van der Waals surface area contributed by atoms with Crippen molar-refractivity contribution in [2.45, 2.75) is 72.5 Å². The minimum absolute atomic E-state index is 0.254. The van der Waals surface area contributed by atoms with Crippen LogP contribution in [0.1, 0.15) is 49.4 Å². The van der Waals surface area contributed by atoms with E-state index < -0.39 is 8.32 Å². The van der Waals surface area contributed by atoms with Crippen LogP contribution < -0.4 is 9.47 Å². The standard InChI is InChI=1S/C20H36O3Si/c1-14-15(2)19(22-8)17(16(3)18(14)21-7)12-11-13-23-24(9,10)20(4,5)6/h11-13H2,1-10H3. The van der Waals surface area contributed by atoms with Gasteiger partial charge >= 0.3 is 0 Å². The first kappa shape index (κ1) is 21.0. The summed E-state index contributed by atoms with van der Waals surface area (Å²) in [5, 5.41) is 0.254. The number of hydrogen-bond acceptors (Lipinski definition) is 3. The maximum absolute atomic E-state index is 6.31. The number of ether oxygens (including phenoxy) is 2. The summed E-state index contributed by atoms with van der Waals surface area (Å²) in [4.78, 5) is 0. The normalized spacial score (nSPS) is 12.4. The van der Waals surface area contributed by atoms with Gasteiger partial charge in [0.05, 0.1) is 14.2 Å². The van der Waals surface area contributed by atoms with Crippen LogP contribution in [0, 0.1) is 20.8 Å². The van der Waals surface area contributed by atoms with Gasteiger partial charge in [-0.25, -0.2) is 0 Å². The van der Waals surface area contributed by atoms with Crippen LogP contribution in [0.5, 0.6) is 11.5 Å². The molecule has 0 N–H and O–H groups in total. The predicted molar refractivity (Wildman–Crippen MR) is 105 cm³/mol. The average molecular weight is 353 g/mol. The molecule has 0 unspecified atom stereocenters. The molecule has 0 amide bonds. The van der Waals surface area contributed by atoms with Gasteiger partial charge in [0, 0.05) is 12.2 Å². The summed E-state index contributed by atoms with van der Waals surface area (Å²) in [5.74, 6) is 1.98. The molecule has 0 atom stereocenters. The predicted octanol–water partition coefficient (Wildman–Crippen LogP) is 5.58. The van der Waals surface area contributed by atoms with E-state index in [2.05, 4.69) is 54.6 Å². The first-order chi connectivity index (χ1) is 11.0. The second-order valence-electron chi connectivity index (χ2n) is 8.13. The zero-order chi connectivity index (χ0) is 18.7. The van der Waals surface area contributed by atoms with Crippen molar-refractivity contribution in [3.05, 3.63) is 22.3 Å². The van der Waals surface area contributed by atoms with Crippen LogP contribution in [0.25, 0.3) is 0 Å². The lowest BCUT2D eigenvalue weighted by Crippen LogP contribution is -2.41. The molecule has 0 aliphatic rings. The third-order valence-corrected chi connectivity index (χ3v) is 10.1. The van der Waals surface area contributed by atoms with Crippen LogP contribution in [-0.2, 0) is 10.8 Å². The summed E-state index contributed by atoms with van der Waals surface area (Å²) < 4.78 is 17.6. The molecule has 0 heterocycles. The second kappa shape index (κ2) is 7.92. The summed E-state index contributed by atoms with van der Waals surface area (Å²) in [6.45, 7) is 18.6. The van der Waals surface area contributed by atoms with Crippen LogP contribution >= 0.6 is 0 Å². The molecule has 0 fully saturated rings. The molecular formula is C20H36O3Si. The maximum atomic E-state index is 6.31. The van der Waals surface area contributed by atoms with Crippen LogP contribution in [0.2, 0.25) is 18.1 Å². The van der Waals surface area contributed by atoms with E-state index in [9.17, 15) is 0 Å². The van der Waals surface area contributed by atoms with Gasteiger partial charge in [-0.2, -0.15) is 0 Å². The molecule has 4 heteroatoms. The molecule has 0 aliphatic carbocycles. The lowest BCUT2D eigenvalue weighted by molar-refractivity contribution is 0.281. The minimum Gasteiger partial charge on any atom is -0.496 e. The largest absolute Gasteiger partial charge is 0.496 e. The van der Waals surface area contributed by atoms with E-state index in [-0.39, 0.29) is 5.04 Å². The van der Waals surface area contributed by atoms with E-state index in [1.165, 1.54) is 16.7 Å². The maximum Gasteiger partial charge on any atom is 0.191 e. The zero-order valence-corrected chi connectivity index (χ0v) is 18.3. The first-order valence-electron chi connectivity index (χ1n) is 8.82. The SMILES string of the molecule is COc1c(C)c(C)c(OC)c(CCCO[Si](C)(C)C(C)(C)C)c1C. The Hall–Kier alpha value is -1.00. The summed E-state index contributed by atoms with van der Waals surface area (Å²) in [6, 6.07) is 0. The van der Waals surface area contributed by atoms with Gasteiger partial charge in [0.25, 0.3) is 0 Å². The van der Waals surface area contributed by atoms with Gasteiger partial charge in [-0.3, -0.25) is 0 Å². The molecule has 1 aromatic rings. The Morgan fingerprint density at radius 2 is 1.33 bits per heavy atom. The van der Waals surface area contributed by atoms with Gasteiger partial charge in [-0.15, -0.1) is 0 Å². The molecule has 0 spiro atoms. The summed E-state index contributed by atoms with van der Waals surface area (Å²) in [5.41, 5.74) is 4.76.